The van der Waals surface area contributed by atoms with E-state index in [-0.39, 0.29) is 30.5 Å². The highest BCUT2D eigenvalue weighted by Crippen LogP contribution is 2.29. The van der Waals surface area contributed by atoms with Crippen molar-refractivity contribution in [1.29, 1.82) is 0 Å². The highest BCUT2D eigenvalue weighted by Gasteiger charge is 2.26. The van der Waals surface area contributed by atoms with Gasteiger partial charge in [0.2, 0.25) is 0 Å². The van der Waals surface area contributed by atoms with Crippen molar-refractivity contribution in [1.82, 2.24) is 10.2 Å². The number of aryl methyl sites for hydroxylation is 1. The normalized spacial score (nSPS) is 18.7. The number of hydrogen-bond donors (Lipinski definition) is 3. The third-order valence-corrected chi connectivity index (χ3v) is 7.99. The molecule has 0 bridgehead atoms. The zero-order valence-corrected chi connectivity index (χ0v) is 24.1. The predicted octanol–water partition coefficient (Wildman–Crippen LogP) is 4.71. The number of ether oxygens (including phenoxy) is 1. The molecule has 220 valence electrons. The van der Waals surface area contributed by atoms with Crippen LogP contribution in [-0.4, -0.2) is 61.1 Å². The topological polar surface area (TPSA) is 117 Å². The standard InChI is InChI=1S/C33H39N5O4/c1-23-6-5-9-26(20-23)32(40)38-18-16-37(17-19-38)30-15-10-25(31(39)35-28-13-11-27(34)12-14-28)21-29(30)36-33(41)42-22-24-7-3-2-4-8-24/h2-10,15,20-21,27-28H,11-14,16-19,22,34H2,1H3,(H,35,39)(H,36,41). The van der Waals surface area contributed by atoms with Crippen molar-refractivity contribution in [2.24, 2.45) is 5.73 Å². The maximum absolute atomic E-state index is 13.2. The monoisotopic (exact) mass is 569 g/mol. The minimum Gasteiger partial charge on any atom is -0.444 e. The van der Waals surface area contributed by atoms with Crippen LogP contribution >= 0.6 is 0 Å². The first-order chi connectivity index (χ1) is 20.4. The van der Waals surface area contributed by atoms with Crippen LogP contribution in [0.1, 0.15) is 57.5 Å². The summed E-state index contributed by atoms with van der Waals surface area (Å²) in [5.41, 5.74) is 10.4. The molecule has 42 heavy (non-hydrogen) atoms. The van der Waals surface area contributed by atoms with Gasteiger partial charge in [-0.3, -0.25) is 14.9 Å². The molecule has 9 nitrogen and oxygen atoms in total. The zero-order valence-electron chi connectivity index (χ0n) is 24.1. The van der Waals surface area contributed by atoms with Crippen molar-refractivity contribution in [2.45, 2.75) is 51.3 Å². The summed E-state index contributed by atoms with van der Waals surface area (Å²) >= 11 is 0. The van der Waals surface area contributed by atoms with E-state index in [9.17, 15) is 14.4 Å². The van der Waals surface area contributed by atoms with Crippen LogP contribution in [-0.2, 0) is 11.3 Å². The Morgan fingerprint density at radius 3 is 2.31 bits per heavy atom. The van der Waals surface area contributed by atoms with Crippen LogP contribution < -0.4 is 21.3 Å². The highest BCUT2D eigenvalue weighted by molar-refractivity contribution is 5.99. The summed E-state index contributed by atoms with van der Waals surface area (Å²) in [5, 5.41) is 5.99. The van der Waals surface area contributed by atoms with Gasteiger partial charge in [-0.2, -0.15) is 0 Å². The van der Waals surface area contributed by atoms with Gasteiger partial charge in [0.25, 0.3) is 11.8 Å². The van der Waals surface area contributed by atoms with Crippen LogP contribution in [0.25, 0.3) is 0 Å². The molecular formula is C33H39N5O4. The fraction of sp³-hybridized carbons (Fsp3) is 0.364. The average Bonchev–Trinajstić information content (AvgIpc) is 3.01. The first-order valence-corrected chi connectivity index (χ1v) is 14.6. The molecule has 1 aliphatic heterocycles. The molecule has 2 fully saturated rings. The summed E-state index contributed by atoms with van der Waals surface area (Å²) in [7, 11) is 0. The molecule has 0 unspecified atom stereocenters. The van der Waals surface area contributed by atoms with E-state index in [1.807, 2.05) is 72.5 Å². The van der Waals surface area contributed by atoms with Crippen molar-refractivity contribution in [3.63, 3.8) is 0 Å². The van der Waals surface area contributed by atoms with E-state index in [1.54, 1.807) is 12.1 Å². The Morgan fingerprint density at radius 2 is 1.60 bits per heavy atom. The quantitative estimate of drug-likeness (QED) is 0.380. The van der Waals surface area contributed by atoms with Crippen molar-refractivity contribution in [2.75, 3.05) is 36.4 Å². The summed E-state index contributed by atoms with van der Waals surface area (Å²) < 4.78 is 5.48. The van der Waals surface area contributed by atoms with E-state index in [0.29, 0.717) is 43.0 Å². The average molecular weight is 570 g/mol. The zero-order chi connectivity index (χ0) is 29.5. The Balaban J connectivity index is 1.29. The predicted molar refractivity (Wildman–Crippen MR) is 164 cm³/mol. The molecule has 9 heteroatoms. The molecule has 1 saturated heterocycles. The first kappa shape index (κ1) is 29.1. The molecule has 0 radical (unpaired) electrons. The van der Waals surface area contributed by atoms with Gasteiger partial charge in [0.1, 0.15) is 6.61 Å². The summed E-state index contributed by atoms with van der Waals surface area (Å²) in [4.78, 5) is 43.1. The lowest BCUT2D eigenvalue weighted by Crippen LogP contribution is -2.49. The number of carbonyl (C=O) groups excluding carboxylic acids is 3. The summed E-state index contributed by atoms with van der Waals surface area (Å²) in [6, 6.07) is 22.7. The number of rotatable bonds is 7. The molecule has 3 aromatic rings. The van der Waals surface area contributed by atoms with Crippen molar-refractivity contribution >= 4 is 29.3 Å². The maximum Gasteiger partial charge on any atom is 0.412 e. The summed E-state index contributed by atoms with van der Waals surface area (Å²) in [6.07, 6.45) is 2.89. The Kier molecular flexibility index (Phi) is 9.38. The maximum atomic E-state index is 13.2. The lowest BCUT2D eigenvalue weighted by Gasteiger charge is -2.37. The molecule has 5 rings (SSSR count). The van der Waals surface area contributed by atoms with Crippen molar-refractivity contribution in [3.05, 3.63) is 95.1 Å². The van der Waals surface area contributed by atoms with Gasteiger partial charge < -0.3 is 25.6 Å². The van der Waals surface area contributed by atoms with Crippen LogP contribution in [0.5, 0.6) is 0 Å². The van der Waals surface area contributed by atoms with Gasteiger partial charge in [-0.1, -0.05) is 48.0 Å². The van der Waals surface area contributed by atoms with E-state index in [0.717, 1.165) is 42.5 Å². The van der Waals surface area contributed by atoms with Gasteiger partial charge in [0, 0.05) is 49.4 Å². The molecule has 0 spiro atoms. The number of nitrogens with one attached hydrogen (secondary N) is 2. The van der Waals surface area contributed by atoms with Gasteiger partial charge in [-0.15, -0.1) is 0 Å². The fourth-order valence-corrected chi connectivity index (χ4v) is 5.57. The highest BCUT2D eigenvalue weighted by atomic mass is 16.5. The van der Waals surface area contributed by atoms with E-state index in [1.165, 1.54) is 0 Å². The molecule has 1 heterocycles. The number of anilines is 2. The van der Waals surface area contributed by atoms with Gasteiger partial charge in [-0.05, 0) is 68.5 Å². The summed E-state index contributed by atoms with van der Waals surface area (Å²) in [6.45, 7) is 4.35. The minimum atomic E-state index is -0.604. The third-order valence-electron chi connectivity index (χ3n) is 7.99. The smallest absolute Gasteiger partial charge is 0.412 e. The molecule has 2 aliphatic rings. The third kappa shape index (κ3) is 7.47. The lowest BCUT2D eigenvalue weighted by molar-refractivity contribution is 0.0746. The molecule has 0 aromatic heterocycles. The molecule has 1 aliphatic carbocycles. The van der Waals surface area contributed by atoms with Gasteiger partial charge in [-0.25, -0.2) is 4.79 Å². The molecule has 0 atom stereocenters. The van der Waals surface area contributed by atoms with Crippen molar-refractivity contribution < 1.29 is 19.1 Å². The van der Waals surface area contributed by atoms with Gasteiger partial charge in [0.05, 0.1) is 11.4 Å². The van der Waals surface area contributed by atoms with Crippen LogP contribution in [0.15, 0.2) is 72.8 Å². The SMILES string of the molecule is Cc1cccc(C(=O)N2CCN(c3ccc(C(=O)NC4CCC(N)CC4)cc3NC(=O)OCc3ccccc3)CC2)c1. The van der Waals surface area contributed by atoms with E-state index >= 15 is 0 Å². The van der Waals surface area contributed by atoms with E-state index < -0.39 is 6.09 Å². The number of nitrogens with two attached hydrogens (primary N) is 1. The Morgan fingerprint density at radius 1 is 0.857 bits per heavy atom. The lowest BCUT2D eigenvalue weighted by atomic mass is 9.91. The number of benzene rings is 3. The van der Waals surface area contributed by atoms with Crippen LogP contribution in [0, 0.1) is 6.92 Å². The first-order valence-electron chi connectivity index (χ1n) is 14.6. The number of carbonyl (C=O) groups is 3. The van der Waals surface area contributed by atoms with Gasteiger partial charge in [0.15, 0.2) is 0 Å². The van der Waals surface area contributed by atoms with Crippen LogP contribution in [0.3, 0.4) is 0 Å². The van der Waals surface area contributed by atoms with Crippen molar-refractivity contribution in [3.8, 4) is 0 Å². The second kappa shape index (κ2) is 13.5. The molecule has 4 N–H and O–H groups in total. The summed E-state index contributed by atoms with van der Waals surface area (Å²) in [5.74, 6) is -0.173. The van der Waals surface area contributed by atoms with Crippen LogP contribution in [0.4, 0.5) is 16.2 Å². The molecule has 3 aromatic carbocycles. The van der Waals surface area contributed by atoms with E-state index in [2.05, 4.69) is 15.5 Å². The Labute approximate surface area is 247 Å². The Bertz CT molecular complexity index is 1400. The molecular weight excluding hydrogens is 530 g/mol. The molecule has 3 amide bonds. The number of hydrogen-bond acceptors (Lipinski definition) is 6. The number of piperazine rings is 1. The second-order valence-corrected chi connectivity index (χ2v) is 11.2. The molecule has 1 saturated carbocycles. The number of amides is 3. The largest absolute Gasteiger partial charge is 0.444 e. The van der Waals surface area contributed by atoms with Crippen LogP contribution in [0.2, 0.25) is 0 Å². The van der Waals surface area contributed by atoms with Gasteiger partial charge >= 0.3 is 6.09 Å². The Hall–Kier alpha value is -4.37. The minimum absolute atomic E-state index is 0.0110. The second-order valence-electron chi connectivity index (χ2n) is 11.2. The fourth-order valence-electron chi connectivity index (χ4n) is 5.57. The number of nitrogens with zero attached hydrogens (tertiary/aromatic N) is 2. The van der Waals surface area contributed by atoms with E-state index in [4.69, 9.17) is 10.5 Å².